The second kappa shape index (κ2) is 6.10. The number of nitrogens with zero attached hydrogens (tertiary/aromatic N) is 1. The Morgan fingerprint density at radius 1 is 1.41 bits per heavy atom. The predicted molar refractivity (Wildman–Crippen MR) is 74.5 cm³/mol. The molecule has 1 aliphatic heterocycles. The van der Waals surface area contributed by atoms with E-state index in [1.165, 1.54) is 12.2 Å². The number of amides is 1. The van der Waals surface area contributed by atoms with Gasteiger partial charge in [0.15, 0.2) is 0 Å². The molecule has 2 nitrogen and oxygen atoms in total. The number of hydrogen-bond acceptors (Lipinski definition) is 2. The molecule has 1 atom stereocenters. The highest BCUT2D eigenvalue weighted by Gasteiger charge is 2.26. The molecule has 1 aromatic rings. The summed E-state index contributed by atoms with van der Waals surface area (Å²) in [6, 6.07) is 9.98. The number of anilines is 1. The summed E-state index contributed by atoms with van der Waals surface area (Å²) < 4.78 is 0. The maximum atomic E-state index is 12.4. The maximum absolute atomic E-state index is 12.4. The molecule has 0 spiro atoms. The molecule has 1 aliphatic rings. The SMILES string of the molecule is CCN(C(=O)C1CCCSC1)c1ccccc1. The molecule has 0 aromatic heterocycles. The molecule has 0 N–H and O–H groups in total. The second-order valence-electron chi connectivity index (χ2n) is 4.33. The van der Waals surface area contributed by atoms with E-state index in [9.17, 15) is 4.79 Å². The van der Waals surface area contributed by atoms with Gasteiger partial charge in [-0.05, 0) is 37.7 Å². The van der Waals surface area contributed by atoms with Crippen LogP contribution < -0.4 is 4.90 Å². The highest BCUT2D eigenvalue weighted by Crippen LogP contribution is 2.26. The molecule has 1 heterocycles. The molecule has 3 heteroatoms. The van der Waals surface area contributed by atoms with Gasteiger partial charge in [0, 0.05) is 23.9 Å². The molecule has 92 valence electrons. The molecule has 1 unspecified atom stereocenters. The minimum atomic E-state index is 0.217. The molecule has 0 saturated carbocycles. The quantitative estimate of drug-likeness (QED) is 0.820. The molecule has 0 aliphatic carbocycles. The van der Waals surface area contributed by atoms with Gasteiger partial charge in [0.2, 0.25) is 5.91 Å². The van der Waals surface area contributed by atoms with Crippen molar-refractivity contribution in [3.05, 3.63) is 30.3 Å². The van der Waals surface area contributed by atoms with Crippen molar-refractivity contribution in [3.8, 4) is 0 Å². The summed E-state index contributed by atoms with van der Waals surface area (Å²) in [5.41, 5.74) is 1.02. The Morgan fingerprint density at radius 2 is 2.18 bits per heavy atom. The van der Waals surface area contributed by atoms with Gasteiger partial charge in [0.25, 0.3) is 0 Å². The normalized spacial score (nSPS) is 19.9. The Morgan fingerprint density at radius 3 is 2.76 bits per heavy atom. The average molecular weight is 249 g/mol. The predicted octanol–water partition coefficient (Wildman–Crippen LogP) is 3.18. The van der Waals surface area contributed by atoms with Crippen molar-refractivity contribution in [3.63, 3.8) is 0 Å². The fraction of sp³-hybridized carbons (Fsp3) is 0.500. The lowest BCUT2D eigenvalue weighted by Crippen LogP contribution is -2.38. The first-order valence-corrected chi connectivity index (χ1v) is 7.42. The highest BCUT2D eigenvalue weighted by molar-refractivity contribution is 7.99. The fourth-order valence-electron chi connectivity index (χ4n) is 2.23. The largest absolute Gasteiger partial charge is 0.312 e. The van der Waals surface area contributed by atoms with Crippen LogP contribution in [0.4, 0.5) is 5.69 Å². The van der Waals surface area contributed by atoms with Crippen LogP contribution in [0.1, 0.15) is 19.8 Å². The van der Waals surface area contributed by atoms with Crippen LogP contribution in [0.5, 0.6) is 0 Å². The Kier molecular flexibility index (Phi) is 4.49. The third-order valence-corrected chi connectivity index (χ3v) is 4.38. The van der Waals surface area contributed by atoms with Crippen molar-refractivity contribution in [2.75, 3.05) is 23.0 Å². The van der Waals surface area contributed by atoms with Gasteiger partial charge >= 0.3 is 0 Å². The van der Waals surface area contributed by atoms with Gasteiger partial charge in [-0.3, -0.25) is 4.79 Å². The second-order valence-corrected chi connectivity index (χ2v) is 5.48. The summed E-state index contributed by atoms with van der Waals surface area (Å²) in [5, 5.41) is 0. The van der Waals surface area contributed by atoms with E-state index in [0.717, 1.165) is 24.4 Å². The first-order valence-electron chi connectivity index (χ1n) is 6.27. The maximum Gasteiger partial charge on any atom is 0.230 e. The number of hydrogen-bond donors (Lipinski definition) is 0. The zero-order chi connectivity index (χ0) is 12.1. The Labute approximate surface area is 107 Å². The Hall–Kier alpha value is -0.960. The molecular weight excluding hydrogens is 230 g/mol. The summed E-state index contributed by atoms with van der Waals surface area (Å²) >= 11 is 1.91. The van der Waals surface area contributed by atoms with Crippen molar-refractivity contribution < 1.29 is 4.79 Å². The van der Waals surface area contributed by atoms with E-state index < -0.39 is 0 Å². The molecule has 0 bridgehead atoms. The standard InChI is InChI=1S/C14H19NOS/c1-2-15(13-8-4-3-5-9-13)14(16)12-7-6-10-17-11-12/h3-5,8-9,12H,2,6-7,10-11H2,1H3. The van der Waals surface area contributed by atoms with Gasteiger partial charge in [-0.15, -0.1) is 0 Å². The first kappa shape index (κ1) is 12.5. The number of rotatable bonds is 3. The summed E-state index contributed by atoms with van der Waals surface area (Å²) in [4.78, 5) is 14.4. The number of benzene rings is 1. The van der Waals surface area contributed by atoms with Crippen LogP contribution in [0.25, 0.3) is 0 Å². The lowest BCUT2D eigenvalue weighted by atomic mass is 10.0. The number of thioether (sulfide) groups is 1. The lowest BCUT2D eigenvalue weighted by Gasteiger charge is -2.28. The average Bonchev–Trinajstić information content (AvgIpc) is 2.42. The van der Waals surface area contributed by atoms with E-state index in [1.807, 2.05) is 53.9 Å². The monoisotopic (exact) mass is 249 g/mol. The van der Waals surface area contributed by atoms with E-state index >= 15 is 0 Å². The van der Waals surface area contributed by atoms with Crippen LogP contribution in [0.3, 0.4) is 0 Å². The van der Waals surface area contributed by atoms with Crippen LogP contribution >= 0.6 is 11.8 Å². The molecule has 1 saturated heterocycles. The minimum absolute atomic E-state index is 0.217. The number of carbonyl (C=O) groups excluding carboxylic acids is 1. The minimum Gasteiger partial charge on any atom is -0.312 e. The molecule has 0 radical (unpaired) electrons. The van der Waals surface area contributed by atoms with E-state index in [1.54, 1.807) is 0 Å². The Balaban J connectivity index is 2.10. The first-order chi connectivity index (χ1) is 8.33. The van der Waals surface area contributed by atoms with Gasteiger partial charge in [-0.25, -0.2) is 0 Å². The van der Waals surface area contributed by atoms with Gasteiger partial charge in [-0.1, -0.05) is 18.2 Å². The zero-order valence-electron chi connectivity index (χ0n) is 10.3. The number of para-hydroxylation sites is 1. The lowest BCUT2D eigenvalue weighted by molar-refractivity contribution is -0.121. The van der Waals surface area contributed by atoms with Gasteiger partial charge in [-0.2, -0.15) is 11.8 Å². The van der Waals surface area contributed by atoms with Crippen molar-refractivity contribution in [1.29, 1.82) is 0 Å². The third kappa shape index (κ3) is 3.03. The van der Waals surface area contributed by atoms with E-state index in [-0.39, 0.29) is 5.92 Å². The van der Waals surface area contributed by atoms with E-state index in [2.05, 4.69) is 0 Å². The van der Waals surface area contributed by atoms with Gasteiger partial charge in [0.1, 0.15) is 0 Å². The van der Waals surface area contributed by atoms with Crippen LogP contribution in [0.15, 0.2) is 30.3 Å². The zero-order valence-corrected chi connectivity index (χ0v) is 11.1. The van der Waals surface area contributed by atoms with Crippen molar-refractivity contribution in [2.24, 2.45) is 5.92 Å². The fourth-order valence-corrected chi connectivity index (χ4v) is 3.36. The van der Waals surface area contributed by atoms with E-state index in [4.69, 9.17) is 0 Å². The molecule has 2 rings (SSSR count). The van der Waals surface area contributed by atoms with Gasteiger partial charge in [0.05, 0.1) is 0 Å². The van der Waals surface area contributed by atoms with Crippen molar-refractivity contribution in [1.82, 2.24) is 0 Å². The third-order valence-electron chi connectivity index (χ3n) is 3.16. The molecule has 1 amide bonds. The highest BCUT2D eigenvalue weighted by atomic mass is 32.2. The number of carbonyl (C=O) groups is 1. The van der Waals surface area contributed by atoms with Crippen molar-refractivity contribution >= 4 is 23.4 Å². The Bertz CT molecular complexity index is 360. The van der Waals surface area contributed by atoms with Crippen LogP contribution in [0.2, 0.25) is 0 Å². The van der Waals surface area contributed by atoms with Gasteiger partial charge < -0.3 is 4.90 Å². The van der Waals surface area contributed by atoms with Crippen LogP contribution in [-0.4, -0.2) is 24.0 Å². The molecule has 1 aromatic carbocycles. The van der Waals surface area contributed by atoms with Crippen LogP contribution in [-0.2, 0) is 4.79 Å². The summed E-state index contributed by atoms with van der Waals surface area (Å²) in [5.74, 6) is 2.71. The summed E-state index contributed by atoms with van der Waals surface area (Å²) in [7, 11) is 0. The van der Waals surface area contributed by atoms with Crippen molar-refractivity contribution in [2.45, 2.75) is 19.8 Å². The topological polar surface area (TPSA) is 20.3 Å². The summed E-state index contributed by atoms with van der Waals surface area (Å²) in [6.45, 7) is 2.80. The molecule has 1 fully saturated rings. The summed E-state index contributed by atoms with van der Waals surface area (Å²) in [6.07, 6.45) is 2.22. The molecule has 17 heavy (non-hydrogen) atoms. The van der Waals surface area contributed by atoms with Crippen LogP contribution in [0, 0.1) is 5.92 Å². The van der Waals surface area contributed by atoms with E-state index in [0.29, 0.717) is 5.91 Å². The smallest absolute Gasteiger partial charge is 0.230 e. The molecular formula is C14H19NOS.